The van der Waals surface area contributed by atoms with E-state index in [1.54, 1.807) is 25.3 Å². The van der Waals surface area contributed by atoms with Crippen LogP contribution in [0.1, 0.15) is 5.56 Å². The van der Waals surface area contributed by atoms with Crippen molar-refractivity contribution < 1.29 is 14.5 Å². The first-order valence-electron chi connectivity index (χ1n) is 7.56. The molecule has 2 N–H and O–H groups in total. The molecular formula is C18H16N4O4. The molecular weight excluding hydrogens is 336 g/mol. The molecule has 1 amide bonds. The number of amides is 1. The van der Waals surface area contributed by atoms with Gasteiger partial charge in [0, 0.05) is 18.8 Å². The molecule has 0 saturated carbocycles. The van der Waals surface area contributed by atoms with E-state index in [4.69, 9.17) is 10.00 Å². The van der Waals surface area contributed by atoms with Crippen LogP contribution in [0, 0.1) is 21.4 Å². The molecule has 0 unspecified atom stereocenters. The van der Waals surface area contributed by atoms with Gasteiger partial charge in [-0.05, 0) is 23.8 Å². The van der Waals surface area contributed by atoms with E-state index in [0.29, 0.717) is 12.3 Å². The molecule has 0 aliphatic carbocycles. The number of nitrogens with one attached hydrogen (secondary N) is 2. The molecule has 132 valence electrons. The lowest BCUT2D eigenvalue weighted by Crippen LogP contribution is -2.17. The van der Waals surface area contributed by atoms with Crippen LogP contribution in [-0.4, -0.2) is 17.9 Å². The predicted octanol–water partition coefficient (Wildman–Crippen LogP) is 2.74. The van der Waals surface area contributed by atoms with Gasteiger partial charge in [-0.25, -0.2) is 0 Å². The summed E-state index contributed by atoms with van der Waals surface area (Å²) in [7, 11) is 1.56. The number of nitro benzene ring substituents is 1. The maximum Gasteiger partial charge on any atom is 0.292 e. The minimum Gasteiger partial charge on any atom is -0.497 e. The number of hydrogen-bond acceptors (Lipinski definition) is 6. The third-order valence-corrected chi connectivity index (χ3v) is 3.40. The molecule has 0 aliphatic rings. The Kier molecular flexibility index (Phi) is 6.28. The van der Waals surface area contributed by atoms with Crippen LogP contribution >= 0.6 is 0 Å². The molecule has 8 heteroatoms. The predicted molar refractivity (Wildman–Crippen MR) is 95.3 cm³/mol. The smallest absolute Gasteiger partial charge is 0.292 e. The molecule has 0 heterocycles. The minimum absolute atomic E-state index is 0.0245. The summed E-state index contributed by atoms with van der Waals surface area (Å²) >= 11 is 0. The normalized spacial score (nSPS) is 10.5. The van der Waals surface area contributed by atoms with Crippen molar-refractivity contribution in [1.82, 2.24) is 5.32 Å². The number of ether oxygens (including phenoxy) is 1. The number of carbonyl (C=O) groups is 1. The monoisotopic (exact) mass is 352 g/mol. The third kappa shape index (κ3) is 4.82. The summed E-state index contributed by atoms with van der Waals surface area (Å²) in [5, 5.41) is 25.4. The second-order valence-electron chi connectivity index (χ2n) is 5.13. The summed E-state index contributed by atoms with van der Waals surface area (Å²) in [6.07, 6.45) is 1.27. The van der Waals surface area contributed by atoms with Crippen molar-refractivity contribution >= 4 is 17.3 Å². The van der Waals surface area contributed by atoms with Crippen LogP contribution in [0.15, 0.2) is 60.3 Å². The van der Waals surface area contributed by atoms with Crippen LogP contribution in [0.25, 0.3) is 0 Å². The SMILES string of the molecule is COc1cccc(CN/C=C(/C#N)C(=O)Nc2ccccc2[N+](=O)[O-])c1. The van der Waals surface area contributed by atoms with E-state index in [0.717, 1.165) is 5.56 Å². The summed E-state index contributed by atoms with van der Waals surface area (Å²) in [5.74, 6) is -0.0390. The van der Waals surface area contributed by atoms with Crippen molar-refractivity contribution in [2.24, 2.45) is 0 Å². The summed E-state index contributed by atoms with van der Waals surface area (Å²) in [5.41, 5.74) is 0.474. The topological polar surface area (TPSA) is 117 Å². The van der Waals surface area contributed by atoms with Crippen LogP contribution < -0.4 is 15.4 Å². The van der Waals surface area contributed by atoms with Crippen LogP contribution in [-0.2, 0) is 11.3 Å². The van der Waals surface area contributed by atoms with Crippen LogP contribution in [0.2, 0.25) is 0 Å². The number of nitriles is 1. The van der Waals surface area contributed by atoms with Gasteiger partial charge in [-0.1, -0.05) is 24.3 Å². The Labute approximate surface area is 149 Å². The van der Waals surface area contributed by atoms with Gasteiger partial charge in [-0.2, -0.15) is 5.26 Å². The third-order valence-electron chi connectivity index (χ3n) is 3.40. The van der Waals surface area contributed by atoms with Crippen molar-refractivity contribution in [2.45, 2.75) is 6.54 Å². The number of nitro groups is 1. The molecule has 2 aromatic carbocycles. The standard InChI is InChI=1S/C18H16N4O4/c1-26-15-6-4-5-13(9-15)11-20-12-14(10-19)18(23)21-16-7-2-3-8-17(16)22(24)25/h2-9,12,20H,11H2,1H3,(H,21,23)/b14-12-. The maximum absolute atomic E-state index is 12.2. The van der Waals surface area contributed by atoms with Gasteiger partial charge >= 0.3 is 0 Å². The van der Waals surface area contributed by atoms with Crippen molar-refractivity contribution in [1.29, 1.82) is 5.26 Å². The zero-order valence-corrected chi connectivity index (χ0v) is 13.9. The van der Waals surface area contributed by atoms with E-state index < -0.39 is 10.8 Å². The van der Waals surface area contributed by atoms with Crippen LogP contribution in [0.4, 0.5) is 11.4 Å². The number of benzene rings is 2. The quantitative estimate of drug-likeness (QED) is 0.342. The summed E-state index contributed by atoms with van der Waals surface area (Å²) in [6, 6.07) is 14.8. The zero-order chi connectivity index (χ0) is 18.9. The van der Waals surface area contributed by atoms with E-state index in [9.17, 15) is 14.9 Å². The number of hydrogen-bond donors (Lipinski definition) is 2. The molecule has 8 nitrogen and oxygen atoms in total. The highest BCUT2D eigenvalue weighted by Crippen LogP contribution is 2.23. The molecule has 26 heavy (non-hydrogen) atoms. The molecule has 0 aliphatic heterocycles. The van der Waals surface area contributed by atoms with Crippen molar-refractivity contribution in [3.05, 3.63) is 76.0 Å². The van der Waals surface area contributed by atoms with Crippen molar-refractivity contribution in [3.8, 4) is 11.8 Å². The van der Waals surface area contributed by atoms with E-state index >= 15 is 0 Å². The lowest BCUT2D eigenvalue weighted by atomic mass is 10.2. The molecule has 2 aromatic rings. The average molecular weight is 352 g/mol. The van der Waals surface area contributed by atoms with Gasteiger partial charge in [-0.3, -0.25) is 14.9 Å². The van der Waals surface area contributed by atoms with Gasteiger partial charge in [0.15, 0.2) is 0 Å². The lowest BCUT2D eigenvalue weighted by Gasteiger charge is -2.06. The molecule has 0 spiro atoms. The number of para-hydroxylation sites is 2. The van der Waals surface area contributed by atoms with Crippen molar-refractivity contribution in [2.75, 3.05) is 12.4 Å². The number of nitrogens with zero attached hydrogens (tertiary/aromatic N) is 2. The van der Waals surface area contributed by atoms with Gasteiger partial charge in [0.2, 0.25) is 0 Å². The fourth-order valence-corrected chi connectivity index (χ4v) is 2.13. The second-order valence-corrected chi connectivity index (χ2v) is 5.13. The van der Waals surface area contributed by atoms with Gasteiger partial charge in [0.05, 0.1) is 12.0 Å². The largest absolute Gasteiger partial charge is 0.497 e. The van der Waals surface area contributed by atoms with Gasteiger partial charge in [0.25, 0.3) is 11.6 Å². The molecule has 0 bridgehead atoms. The number of carbonyl (C=O) groups excluding carboxylic acids is 1. The minimum atomic E-state index is -0.736. The first-order valence-corrected chi connectivity index (χ1v) is 7.56. The maximum atomic E-state index is 12.2. The van der Waals surface area contributed by atoms with Crippen molar-refractivity contribution in [3.63, 3.8) is 0 Å². The molecule has 0 atom stereocenters. The summed E-state index contributed by atoms with van der Waals surface area (Å²) < 4.78 is 5.12. The Morgan fingerprint density at radius 1 is 1.31 bits per heavy atom. The van der Waals surface area contributed by atoms with Gasteiger partial charge in [-0.15, -0.1) is 0 Å². The Bertz CT molecular complexity index is 887. The van der Waals surface area contributed by atoms with E-state index in [1.807, 2.05) is 18.2 Å². The fraction of sp³-hybridized carbons (Fsp3) is 0.111. The highest BCUT2D eigenvalue weighted by atomic mass is 16.6. The van der Waals surface area contributed by atoms with Crippen LogP contribution in [0.3, 0.4) is 0 Å². The average Bonchev–Trinajstić information content (AvgIpc) is 2.65. The highest BCUT2D eigenvalue weighted by molar-refractivity contribution is 6.07. The van der Waals surface area contributed by atoms with Gasteiger partial charge in [0.1, 0.15) is 23.1 Å². The molecule has 0 fully saturated rings. The Hall–Kier alpha value is -3.86. The highest BCUT2D eigenvalue weighted by Gasteiger charge is 2.17. The molecule has 0 saturated heterocycles. The van der Waals surface area contributed by atoms with E-state index in [1.165, 1.54) is 24.4 Å². The zero-order valence-electron chi connectivity index (χ0n) is 13.9. The number of methoxy groups -OCH3 is 1. The van der Waals surface area contributed by atoms with Crippen LogP contribution in [0.5, 0.6) is 5.75 Å². The first-order chi connectivity index (χ1) is 12.5. The Morgan fingerprint density at radius 3 is 2.77 bits per heavy atom. The Morgan fingerprint density at radius 2 is 2.08 bits per heavy atom. The summed E-state index contributed by atoms with van der Waals surface area (Å²) in [6.45, 7) is 0.376. The Balaban J connectivity index is 2.05. The molecule has 0 radical (unpaired) electrons. The fourth-order valence-electron chi connectivity index (χ4n) is 2.13. The lowest BCUT2D eigenvalue weighted by molar-refractivity contribution is -0.383. The van der Waals surface area contributed by atoms with E-state index in [2.05, 4.69) is 10.6 Å². The second kappa shape index (κ2) is 8.84. The molecule has 2 rings (SSSR count). The van der Waals surface area contributed by atoms with Gasteiger partial charge < -0.3 is 15.4 Å². The summed E-state index contributed by atoms with van der Waals surface area (Å²) in [4.78, 5) is 22.5. The number of rotatable bonds is 7. The van der Waals surface area contributed by atoms with E-state index in [-0.39, 0.29) is 16.9 Å². The first kappa shape index (κ1) is 18.5. The molecule has 0 aromatic heterocycles. The number of anilines is 1.